The fourth-order valence-corrected chi connectivity index (χ4v) is 0.522. The Bertz CT molecular complexity index is 40.9. The van der Waals surface area contributed by atoms with Gasteiger partial charge in [0.25, 0.3) is 0 Å². The lowest BCUT2D eigenvalue weighted by Crippen LogP contribution is -2.02. The summed E-state index contributed by atoms with van der Waals surface area (Å²) in [5, 5.41) is 15.6. The Morgan fingerprint density at radius 2 is 2.12 bits per heavy atom. The van der Waals surface area contributed by atoms with Crippen LogP contribution in [0.15, 0.2) is 0 Å². The molecular weight excluding hydrogens is 108 g/mol. The minimum absolute atomic E-state index is 0.176. The molecule has 8 heavy (non-hydrogen) atoms. The number of ether oxygens (including phenoxy) is 1. The Morgan fingerprint density at radius 3 is 2.25 bits per heavy atom. The Morgan fingerprint density at radius 1 is 1.50 bits per heavy atom. The summed E-state index contributed by atoms with van der Waals surface area (Å²) < 4.78 is 4.81. The molecule has 1 atom stereocenters. The summed E-state index contributed by atoms with van der Waals surface area (Å²) in [7, 11) is 1.00. The fraction of sp³-hybridized carbons (Fsp3) is 1.00. The molecule has 1 rings (SSSR count). The van der Waals surface area contributed by atoms with Crippen LogP contribution in [0.5, 0.6) is 0 Å². The van der Waals surface area contributed by atoms with Crippen molar-refractivity contribution in [3.8, 4) is 0 Å². The van der Waals surface area contributed by atoms with Crippen molar-refractivity contribution in [3.63, 3.8) is 0 Å². The average Bonchev–Trinajstić information content (AvgIpc) is 2.24. The van der Waals surface area contributed by atoms with Gasteiger partial charge in [-0.25, -0.2) is 0 Å². The van der Waals surface area contributed by atoms with Crippen LogP contribution in [0.2, 0.25) is 0 Å². The Kier molecular flexibility index (Phi) is 4.95. The maximum Gasteiger partial charge on any atom is 0.0795 e. The molecule has 1 fully saturated rings. The van der Waals surface area contributed by atoms with Gasteiger partial charge in [-0.1, -0.05) is 0 Å². The van der Waals surface area contributed by atoms with E-state index in [9.17, 15) is 0 Å². The highest BCUT2D eigenvalue weighted by atomic mass is 16.5. The molecule has 0 aliphatic carbocycles. The average molecular weight is 120 g/mol. The first-order valence-electron chi connectivity index (χ1n) is 2.60. The highest BCUT2D eigenvalue weighted by Gasteiger charge is 2.09. The summed E-state index contributed by atoms with van der Waals surface area (Å²) in [5.41, 5.74) is 0. The molecule has 1 heterocycles. The fourth-order valence-electron chi connectivity index (χ4n) is 0.522. The zero-order valence-electron chi connectivity index (χ0n) is 5.00. The van der Waals surface area contributed by atoms with Gasteiger partial charge in [-0.05, 0) is 6.42 Å². The maximum absolute atomic E-state index is 8.60. The van der Waals surface area contributed by atoms with Crippen molar-refractivity contribution in [2.45, 2.75) is 12.5 Å². The number of rotatable bonds is 0. The summed E-state index contributed by atoms with van der Waals surface area (Å²) in [6.07, 6.45) is 0.644. The first kappa shape index (κ1) is 7.88. The largest absolute Gasteiger partial charge is 0.400 e. The highest BCUT2D eigenvalue weighted by Crippen LogP contribution is 2.00. The summed E-state index contributed by atoms with van der Waals surface area (Å²) in [4.78, 5) is 0. The van der Waals surface area contributed by atoms with Gasteiger partial charge in [0.15, 0.2) is 0 Å². The minimum Gasteiger partial charge on any atom is -0.400 e. The van der Waals surface area contributed by atoms with Gasteiger partial charge < -0.3 is 14.9 Å². The topological polar surface area (TPSA) is 49.7 Å². The van der Waals surface area contributed by atoms with Crippen LogP contribution < -0.4 is 0 Å². The van der Waals surface area contributed by atoms with Crippen LogP contribution in [0.1, 0.15) is 6.42 Å². The number of hydrogen-bond donors (Lipinski definition) is 2. The van der Waals surface area contributed by atoms with Gasteiger partial charge in [0, 0.05) is 13.7 Å². The van der Waals surface area contributed by atoms with Crippen molar-refractivity contribution >= 4 is 0 Å². The van der Waals surface area contributed by atoms with E-state index in [-0.39, 0.29) is 6.10 Å². The van der Waals surface area contributed by atoms with Gasteiger partial charge in [-0.15, -0.1) is 0 Å². The third-order valence-corrected chi connectivity index (χ3v) is 0.906. The van der Waals surface area contributed by atoms with E-state index >= 15 is 0 Å². The molecule has 0 spiro atoms. The second-order valence-corrected chi connectivity index (χ2v) is 1.52. The normalized spacial score (nSPS) is 26.6. The molecule has 0 bridgehead atoms. The molecule has 1 aliphatic heterocycles. The zero-order valence-corrected chi connectivity index (χ0v) is 5.00. The molecule has 50 valence electrons. The minimum atomic E-state index is -0.176. The molecule has 0 amide bonds. The third kappa shape index (κ3) is 2.96. The van der Waals surface area contributed by atoms with Gasteiger partial charge in [0.2, 0.25) is 0 Å². The van der Waals surface area contributed by atoms with Crippen molar-refractivity contribution in [1.82, 2.24) is 0 Å². The zero-order chi connectivity index (χ0) is 6.41. The molecule has 0 unspecified atom stereocenters. The van der Waals surface area contributed by atoms with Crippen LogP contribution in [0.25, 0.3) is 0 Å². The Labute approximate surface area is 48.9 Å². The van der Waals surface area contributed by atoms with Gasteiger partial charge in [-0.3, -0.25) is 0 Å². The smallest absolute Gasteiger partial charge is 0.0795 e. The Hall–Kier alpha value is -0.120. The standard InChI is InChI=1S/C4H8O2.CH4O/c5-4-1-2-6-3-4;1-2/h4-5H,1-3H2;2H,1H3/t4-;/m0./s1. The summed E-state index contributed by atoms with van der Waals surface area (Å²) >= 11 is 0. The van der Waals surface area contributed by atoms with Crippen molar-refractivity contribution in [2.24, 2.45) is 0 Å². The molecule has 3 nitrogen and oxygen atoms in total. The van der Waals surface area contributed by atoms with Crippen LogP contribution in [0.4, 0.5) is 0 Å². The van der Waals surface area contributed by atoms with E-state index in [2.05, 4.69) is 0 Å². The van der Waals surface area contributed by atoms with Crippen LogP contribution in [-0.4, -0.2) is 36.6 Å². The van der Waals surface area contributed by atoms with E-state index in [1.807, 2.05) is 0 Å². The van der Waals surface area contributed by atoms with E-state index in [0.717, 1.165) is 20.1 Å². The van der Waals surface area contributed by atoms with Crippen LogP contribution in [-0.2, 0) is 4.74 Å². The van der Waals surface area contributed by atoms with E-state index < -0.39 is 0 Å². The number of hydrogen-bond acceptors (Lipinski definition) is 3. The monoisotopic (exact) mass is 120 g/mol. The Balaban J connectivity index is 0.000000222. The molecule has 0 aromatic heterocycles. The van der Waals surface area contributed by atoms with E-state index in [1.165, 1.54) is 0 Å². The summed E-state index contributed by atoms with van der Waals surface area (Å²) in [6.45, 7) is 1.28. The lowest BCUT2D eigenvalue weighted by Gasteiger charge is -1.89. The van der Waals surface area contributed by atoms with Gasteiger partial charge in [-0.2, -0.15) is 0 Å². The quantitative estimate of drug-likeness (QED) is 0.447. The first-order chi connectivity index (χ1) is 3.89. The van der Waals surface area contributed by atoms with Crippen LogP contribution >= 0.6 is 0 Å². The maximum atomic E-state index is 8.60. The molecule has 2 N–H and O–H groups in total. The molecule has 0 radical (unpaired) electrons. The SMILES string of the molecule is CO.O[C@H]1CCOC1. The predicted molar refractivity (Wildman–Crippen MR) is 29.6 cm³/mol. The van der Waals surface area contributed by atoms with E-state index in [4.69, 9.17) is 14.9 Å². The number of aliphatic hydroxyl groups excluding tert-OH is 2. The van der Waals surface area contributed by atoms with Crippen molar-refractivity contribution in [1.29, 1.82) is 0 Å². The number of aliphatic hydroxyl groups is 2. The van der Waals surface area contributed by atoms with Gasteiger partial charge in [0.1, 0.15) is 0 Å². The van der Waals surface area contributed by atoms with Gasteiger partial charge >= 0.3 is 0 Å². The molecule has 1 saturated heterocycles. The molecule has 1 aliphatic rings. The van der Waals surface area contributed by atoms with Crippen molar-refractivity contribution in [3.05, 3.63) is 0 Å². The molecule has 3 heteroatoms. The summed E-state index contributed by atoms with van der Waals surface area (Å²) in [5.74, 6) is 0. The first-order valence-corrected chi connectivity index (χ1v) is 2.60. The predicted octanol–water partition coefficient (Wildman–Crippen LogP) is -0.624. The molecular formula is C5H12O3. The van der Waals surface area contributed by atoms with E-state index in [1.54, 1.807) is 0 Å². The van der Waals surface area contributed by atoms with E-state index in [0.29, 0.717) is 6.61 Å². The second kappa shape index (κ2) is 5.03. The van der Waals surface area contributed by atoms with Crippen LogP contribution in [0, 0.1) is 0 Å². The van der Waals surface area contributed by atoms with Gasteiger partial charge in [0.05, 0.1) is 12.7 Å². The van der Waals surface area contributed by atoms with Crippen molar-refractivity contribution < 1.29 is 14.9 Å². The third-order valence-electron chi connectivity index (χ3n) is 0.906. The highest BCUT2D eigenvalue weighted by molar-refractivity contribution is 4.58. The van der Waals surface area contributed by atoms with Crippen molar-refractivity contribution in [2.75, 3.05) is 20.3 Å². The lowest BCUT2D eigenvalue weighted by atomic mass is 10.3. The van der Waals surface area contributed by atoms with Crippen LogP contribution in [0.3, 0.4) is 0 Å². The molecule has 0 aromatic rings. The molecule has 0 saturated carbocycles. The molecule has 0 aromatic carbocycles. The lowest BCUT2D eigenvalue weighted by molar-refractivity contribution is 0.127. The summed E-state index contributed by atoms with van der Waals surface area (Å²) in [6, 6.07) is 0. The second-order valence-electron chi connectivity index (χ2n) is 1.52.